The van der Waals surface area contributed by atoms with E-state index in [-0.39, 0.29) is 10.6 Å². The second-order valence-electron chi connectivity index (χ2n) is 3.33. The van der Waals surface area contributed by atoms with Crippen molar-refractivity contribution in [3.8, 4) is 5.75 Å². The Morgan fingerprint density at radius 2 is 2.06 bits per heavy atom. The minimum Gasteiger partial charge on any atom is -0.492 e. The van der Waals surface area contributed by atoms with Gasteiger partial charge in [-0.05, 0) is 18.2 Å². The molecule has 5 nitrogen and oxygen atoms in total. The van der Waals surface area contributed by atoms with Gasteiger partial charge in [-0.2, -0.15) is 0 Å². The van der Waals surface area contributed by atoms with E-state index in [0.29, 0.717) is 24.7 Å². The van der Waals surface area contributed by atoms with Crippen LogP contribution >= 0.6 is 11.6 Å². The maximum atomic E-state index is 11.3. The highest BCUT2D eigenvalue weighted by Crippen LogP contribution is 2.26. The number of benzene rings is 1. The Hall–Kier alpha value is -0.820. The van der Waals surface area contributed by atoms with E-state index in [1.807, 2.05) is 0 Å². The molecule has 0 saturated carbocycles. The van der Waals surface area contributed by atoms with Gasteiger partial charge in [-0.3, -0.25) is 0 Å². The summed E-state index contributed by atoms with van der Waals surface area (Å²) in [7, 11) is -2.26. The molecule has 0 heterocycles. The molecule has 7 heteroatoms. The minimum atomic E-state index is -3.84. The van der Waals surface area contributed by atoms with Gasteiger partial charge in [0.05, 0.1) is 6.61 Å². The van der Waals surface area contributed by atoms with E-state index in [1.165, 1.54) is 12.1 Å². The number of rotatable bonds is 6. The van der Waals surface area contributed by atoms with Crippen LogP contribution in [-0.2, 0) is 14.8 Å². The molecule has 0 amide bonds. The van der Waals surface area contributed by atoms with Crippen molar-refractivity contribution in [1.29, 1.82) is 0 Å². The number of halogens is 1. The van der Waals surface area contributed by atoms with E-state index >= 15 is 0 Å². The van der Waals surface area contributed by atoms with E-state index < -0.39 is 10.0 Å². The van der Waals surface area contributed by atoms with Crippen LogP contribution in [0, 0.1) is 0 Å². The van der Waals surface area contributed by atoms with Gasteiger partial charge in [-0.1, -0.05) is 11.6 Å². The van der Waals surface area contributed by atoms with Gasteiger partial charge in [0.15, 0.2) is 0 Å². The zero-order valence-corrected chi connectivity index (χ0v) is 10.9. The molecule has 1 aromatic rings. The normalized spacial score (nSPS) is 11.5. The lowest BCUT2D eigenvalue weighted by Crippen LogP contribution is -2.14. The highest BCUT2D eigenvalue weighted by atomic mass is 35.5. The standard InChI is InChI=1S/C10H14ClNO4S/c1-15-5-2-6-16-9-4-3-8(11)7-10(9)17(12,13)14/h3-4,7H,2,5-6H2,1H3,(H2,12,13,14). The molecule has 1 aromatic carbocycles. The third kappa shape index (κ3) is 4.51. The second-order valence-corrected chi connectivity index (χ2v) is 5.30. The van der Waals surface area contributed by atoms with Gasteiger partial charge in [0.2, 0.25) is 10.0 Å². The van der Waals surface area contributed by atoms with E-state index in [0.717, 1.165) is 0 Å². The summed E-state index contributed by atoms with van der Waals surface area (Å²) in [6.45, 7) is 0.885. The van der Waals surface area contributed by atoms with Crippen molar-refractivity contribution in [1.82, 2.24) is 0 Å². The van der Waals surface area contributed by atoms with Crippen LogP contribution in [-0.4, -0.2) is 28.7 Å². The lowest BCUT2D eigenvalue weighted by molar-refractivity contribution is 0.171. The number of sulfonamides is 1. The molecular formula is C10H14ClNO4S. The first-order chi connectivity index (χ1) is 7.95. The van der Waals surface area contributed by atoms with Crippen molar-refractivity contribution in [2.45, 2.75) is 11.3 Å². The first kappa shape index (κ1) is 14.2. The molecule has 96 valence electrons. The summed E-state index contributed by atoms with van der Waals surface area (Å²) in [6.07, 6.45) is 0.656. The summed E-state index contributed by atoms with van der Waals surface area (Å²) < 4.78 is 32.8. The minimum absolute atomic E-state index is 0.109. The van der Waals surface area contributed by atoms with Crippen LogP contribution in [0.25, 0.3) is 0 Å². The van der Waals surface area contributed by atoms with Gasteiger partial charge in [0.1, 0.15) is 10.6 Å². The quantitative estimate of drug-likeness (QED) is 0.799. The first-order valence-electron chi connectivity index (χ1n) is 4.89. The molecule has 0 aliphatic carbocycles. The number of nitrogens with two attached hydrogens (primary N) is 1. The maximum absolute atomic E-state index is 11.3. The fourth-order valence-corrected chi connectivity index (χ4v) is 2.14. The number of hydrogen-bond acceptors (Lipinski definition) is 4. The van der Waals surface area contributed by atoms with Crippen molar-refractivity contribution in [2.75, 3.05) is 20.3 Å². The Kier molecular flexibility index (Phi) is 5.20. The molecule has 1 rings (SSSR count). The van der Waals surface area contributed by atoms with Crippen LogP contribution < -0.4 is 9.88 Å². The smallest absolute Gasteiger partial charge is 0.241 e. The monoisotopic (exact) mass is 279 g/mol. The highest BCUT2D eigenvalue weighted by molar-refractivity contribution is 7.89. The summed E-state index contributed by atoms with van der Waals surface area (Å²) in [5.74, 6) is 0.202. The molecule has 0 spiro atoms. The fourth-order valence-electron chi connectivity index (χ4n) is 1.21. The Morgan fingerprint density at radius 3 is 2.65 bits per heavy atom. The summed E-state index contributed by atoms with van der Waals surface area (Å²) in [6, 6.07) is 4.29. The van der Waals surface area contributed by atoms with Crippen LogP contribution in [0.2, 0.25) is 5.02 Å². The molecule has 0 aliphatic rings. The van der Waals surface area contributed by atoms with Gasteiger partial charge in [-0.25, -0.2) is 13.6 Å². The number of hydrogen-bond donors (Lipinski definition) is 1. The van der Waals surface area contributed by atoms with Gasteiger partial charge in [0, 0.05) is 25.2 Å². The SMILES string of the molecule is COCCCOc1ccc(Cl)cc1S(N)(=O)=O. The number of primary sulfonamides is 1. The van der Waals surface area contributed by atoms with E-state index in [1.54, 1.807) is 13.2 Å². The molecular weight excluding hydrogens is 266 g/mol. The van der Waals surface area contributed by atoms with Crippen molar-refractivity contribution in [3.63, 3.8) is 0 Å². The molecule has 0 radical (unpaired) electrons. The van der Waals surface area contributed by atoms with Crippen LogP contribution in [0.5, 0.6) is 5.75 Å². The zero-order chi connectivity index (χ0) is 12.9. The van der Waals surface area contributed by atoms with Crippen LogP contribution in [0.15, 0.2) is 23.1 Å². The van der Waals surface area contributed by atoms with Crippen molar-refractivity contribution < 1.29 is 17.9 Å². The van der Waals surface area contributed by atoms with Gasteiger partial charge in [0.25, 0.3) is 0 Å². The van der Waals surface area contributed by atoms with Crippen LogP contribution in [0.1, 0.15) is 6.42 Å². The summed E-state index contributed by atoms with van der Waals surface area (Å²) in [4.78, 5) is -0.109. The molecule has 0 unspecified atom stereocenters. The molecule has 0 saturated heterocycles. The van der Waals surface area contributed by atoms with Crippen LogP contribution in [0.4, 0.5) is 0 Å². The van der Waals surface area contributed by atoms with Gasteiger partial charge < -0.3 is 9.47 Å². The zero-order valence-electron chi connectivity index (χ0n) is 9.35. The molecule has 0 aromatic heterocycles. The maximum Gasteiger partial charge on any atom is 0.241 e. The molecule has 2 N–H and O–H groups in total. The number of ether oxygens (including phenoxy) is 2. The summed E-state index contributed by atoms with van der Waals surface area (Å²) >= 11 is 5.71. The van der Waals surface area contributed by atoms with Gasteiger partial charge >= 0.3 is 0 Å². The van der Waals surface area contributed by atoms with E-state index in [2.05, 4.69) is 0 Å². The Morgan fingerprint density at radius 1 is 1.35 bits per heavy atom. The highest BCUT2D eigenvalue weighted by Gasteiger charge is 2.15. The number of methoxy groups -OCH3 is 1. The Labute approximate surface area is 106 Å². The predicted octanol–water partition coefficient (Wildman–Crippen LogP) is 1.40. The largest absolute Gasteiger partial charge is 0.492 e. The second kappa shape index (κ2) is 6.20. The predicted molar refractivity (Wildman–Crippen MR) is 64.8 cm³/mol. The van der Waals surface area contributed by atoms with Crippen molar-refractivity contribution >= 4 is 21.6 Å². The molecule has 0 bridgehead atoms. The lowest BCUT2D eigenvalue weighted by atomic mass is 10.3. The third-order valence-corrected chi connectivity index (χ3v) is 3.13. The van der Waals surface area contributed by atoms with Crippen LogP contribution in [0.3, 0.4) is 0 Å². The topological polar surface area (TPSA) is 78.6 Å². The van der Waals surface area contributed by atoms with Crippen molar-refractivity contribution in [3.05, 3.63) is 23.2 Å². The average Bonchev–Trinajstić information content (AvgIpc) is 2.25. The molecule has 17 heavy (non-hydrogen) atoms. The average molecular weight is 280 g/mol. The van der Waals surface area contributed by atoms with E-state index in [9.17, 15) is 8.42 Å². The Bertz CT molecular complexity index is 475. The molecule has 0 aliphatic heterocycles. The fraction of sp³-hybridized carbons (Fsp3) is 0.400. The van der Waals surface area contributed by atoms with E-state index in [4.69, 9.17) is 26.2 Å². The molecule has 0 atom stereocenters. The summed E-state index contributed by atoms with van der Waals surface area (Å²) in [5.41, 5.74) is 0. The summed E-state index contributed by atoms with van der Waals surface area (Å²) in [5, 5.41) is 5.36. The first-order valence-corrected chi connectivity index (χ1v) is 6.81. The third-order valence-electron chi connectivity index (χ3n) is 1.96. The molecule has 0 fully saturated rings. The van der Waals surface area contributed by atoms with Crippen molar-refractivity contribution in [2.24, 2.45) is 5.14 Å². The lowest BCUT2D eigenvalue weighted by Gasteiger charge is -2.10. The Balaban J connectivity index is 2.84. The van der Waals surface area contributed by atoms with Gasteiger partial charge in [-0.15, -0.1) is 0 Å².